The molecule has 0 radical (unpaired) electrons. The summed E-state index contributed by atoms with van der Waals surface area (Å²) in [5.74, 6) is -6.87. The lowest BCUT2D eigenvalue weighted by Crippen LogP contribution is -2.61. The van der Waals surface area contributed by atoms with Crippen molar-refractivity contribution in [3.63, 3.8) is 0 Å². The van der Waals surface area contributed by atoms with E-state index < -0.39 is 73.2 Å². The summed E-state index contributed by atoms with van der Waals surface area (Å²) in [5.41, 5.74) is 0. The largest absolute Gasteiger partial charge is 0.477 e. The minimum Gasteiger partial charge on any atom is -0.477 e. The Morgan fingerprint density at radius 1 is 1.34 bits per heavy atom. The molecule has 2 aliphatic heterocycles. The van der Waals surface area contributed by atoms with Crippen molar-refractivity contribution in [1.29, 1.82) is 0 Å². The fourth-order valence-electron chi connectivity index (χ4n) is 3.61. The van der Waals surface area contributed by atoms with Crippen LogP contribution in [0.2, 0.25) is 0 Å². The monoisotopic (exact) mass is 420 g/mol. The molecule has 0 saturated carbocycles. The standard InChI is InChI=1S/C17H28N2O10/c1-8(20)19-14(23)13-11(22)6-17(27,16(25)26)29-12(13)5-9(21)7-28-15(24)10-3-2-4-18-10/h9-14,18,21-23,27H,2-7H2,1H3,(H,19,20)(H,25,26)/t9-,10-,11-,12-,13-,14-,17-/m0/s1. The van der Waals surface area contributed by atoms with Gasteiger partial charge in [-0.3, -0.25) is 9.59 Å². The van der Waals surface area contributed by atoms with E-state index in [0.29, 0.717) is 13.0 Å². The predicted octanol–water partition coefficient (Wildman–Crippen LogP) is -2.97. The molecule has 2 rings (SSSR count). The van der Waals surface area contributed by atoms with Gasteiger partial charge in [-0.05, 0) is 19.4 Å². The van der Waals surface area contributed by atoms with Crippen LogP contribution in [0.1, 0.15) is 32.6 Å². The van der Waals surface area contributed by atoms with Crippen LogP contribution in [-0.2, 0) is 23.9 Å². The maximum absolute atomic E-state index is 11.9. The van der Waals surface area contributed by atoms with Gasteiger partial charge in [0.25, 0.3) is 5.79 Å². The molecular weight excluding hydrogens is 392 g/mol. The zero-order valence-corrected chi connectivity index (χ0v) is 16.0. The number of rotatable bonds is 8. The minimum atomic E-state index is -2.74. The Labute approximate surface area is 166 Å². The molecule has 29 heavy (non-hydrogen) atoms. The average Bonchev–Trinajstić information content (AvgIpc) is 3.13. The number of hydrogen-bond donors (Lipinski definition) is 7. The molecule has 2 aliphatic rings. The maximum Gasteiger partial charge on any atom is 0.364 e. The van der Waals surface area contributed by atoms with Crippen molar-refractivity contribution in [2.24, 2.45) is 5.92 Å². The Bertz CT molecular complexity index is 611. The Kier molecular flexibility index (Phi) is 7.91. The van der Waals surface area contributed by atoms with Gasteiger partial charge in [0.05, 0.1) is 24.2 Å². The predicted molar refractivity (Wildman–Crippen MR) is 94.0 cm³/mol. The maximum atomic E-state index is 11.9. The summed E-state index contributed by atoms with van der Waals surface area (Å²) in [6.45, 7) is 1.39. The number of aliphatic carboxylic acids is 1. The van der Waals surface area contributed by atoms with Crippen molar-refractivity contribution < 1.29 is 49.4 Å². The van der Waals surface area contributed by atoms with E-state index in [4.69, 9.17) is 9.47 Å². The van der Waals surface area contributed by atoms with E-state index in [1.807, 2.05) is 0 Å². The van der Waals surface area contributed by atoms with Gasteiger partial charge in [-0.15, -0.1) is 0 Å². The third-order valence-electron chi connectivity index (χ3n) is 5.02. The second-order valence-electron chi connectivity index (χ2n) is 7.41. The molecule has 2 fully saturated rings. The average molecular weight is 420 g/mol. The van der Waals surface area contributed by atoms with Crippen LogP contribution in [0.3, 0.4) is 0 Å². The molecule has 0 aromatic rings. The highest BCUT2D eigenvalue weighted by Gasteiger charge is 2.53. The van der Waals surface area contributed by atoms with Crippen LogP contribution < -0.4 is 10.6 Å². The number of nitrogens with one attached hydrogen (secondary N) is 2. The topological polar surface area (TPSA) is 195 Å². The summed E-state index contributed by atoms with van der Waals surface area (Å²) in [4.78, 5) is 34.4. The summed E-state index contributed by atoms with van der Waals surface area (Å²) in [7, 11) is 0. The van der Waals surface area contributed by atoms with Crippen molar-refractivity contribution in [3.8, 4) is 0 Å². The summed E-state index contributed by atoms with van der Waals surface area (Å²) < 4.78 is 10.2. The Hall–Kier alpha value is -1.83. The third kappa shape index (κ3) is 6.07. The van der Waals surface area contributed by atoms with E-state index in [9.17, 15) is 39.9 Å². The van der Waals surface area contributed by atoms with Crippen LogP contribution in [0, 0.1) is 5.92 Å². The number of carbonyl (C=O) groups is 3. The van der Waals surface area contributed by atoms with E-state index >= 15 is 0 Å². The van der Waals surface area contributed by atoms with Crippen LogP contribution in [0.5, 0.6) is 0 Å². The number of aliphatic hydroxyl groups is 4. The third-order valence-corrected chi connectivity index (χ3v) is 5.02. The van der Waals surface area contributed by atoms with E-state index in [1.54, 1.807) is 0 Å². The molecule has 0 aromatic carbocycles. The summed E-state index contributed by atoms with van der Waals surface area (Å²) in [6, 6.07) is -0.457. The smallest absolute Gasteiger partial charge is 0.364 e. The van der Waals surface area contributed by atoms with Crippen molar-refractivity contribution in [2.45, 2.75) is 69.0 Å². The Morgan fingerprint density at radius 3 is 2.59 bits per heavy atom. The van der Waals surface area contributed by atoms with Crippen molar-refractivity contribution in [2.75, 3.05) is 13.2 Å². The first-order valence-electron chi connectivity index (χ1n) is 9.38. The van der Waals surface area contributed by atoms with Gasteiger partial charge in [0.2, 0.25) is 5.91 Å². The van der Waals surface area contributed by atoms with Crippen LogP contribution in [0.4, 0.5) is 0 Å². The first-order chi connectivity index (χ1) is 13.5. The lowest BCUT2D eigenvalue weighted by molar-refractivity contribution is -0.297. The SMILES string of the molecule is CC(=O)N[C@@H](O)[C@@H]1[C@H](C[C@H](O)COC(=O)[C@@H]2CCCN2)O[C@](O)(C(=O)O)C[C@@H]1O. The zero-order valence-electron chi connectivity index (χ0n) is 16.0. The van der Waals surface area contributed by atoms with Gasteiger partial charge in [0, 0.05) is 19.8 Å². The number of esters is 1. The van der Waals surface area contributed by atoms with Gasteiger partial charge >= 0.3 is 11.9 Å². The van der Waals surface area contributed by atoms with E-state index in [-0.39, 0.29) is 6.42 Å². The molecule has 7 atom stereocenters. The normalized spacial score (nSPS) is 34.2. The number of carbonyl (C=O) groups excluding carboxylic acids is 2. The molecule has 12 heteroatoms. The molecular formula is C17H28N2O10. The lowest BCUT2D eigenvalue weighted by Gasteiger charge is -2.44. The molecule has 0 aliphatic carbocycles. The van der Waals surface area contributed by atoms with E-state index in [0.717, 1.165) is 13.3 Å². The van der Waals surface area contributed by atoms with Crippen molar-refractivity contribution in [3.05, 3.63) is 0 Å². The van der Waals surface area contributed by atoms with Gasteiger partial charge in [-0.1, -0.05) is 0 Å². The molecule has 1 amide bonds. The van der Waals surface area contributed by atoms with Gasteiger partial charge in [0.1, 0.15) is 18.9 Å². The Balaban J connectivity index is 2.04. The summed E-state index contributed by atoms with van der Waals surface area (Å²) in [5, 5.41) is 55.1. The van der Waals surface area contributed by atoms with Crippen molar-refractivity contribution in [1.82, 2.24) is 10.6 Å². The summed E-state index contributed by atoms with van der Waals surface area (Å²) in [6.07, 6.45) is -5.56. The van der Waals surface area contributed by atoms with Crippen LogP contribution >= 0.6 is 0 Å². The molecule has 2 heterocycles. The molecule has 12 nitrogen and oxygen atoms in total. The number of carboxylic acids is 1. The second kappa shape index (κ2) is 9.78. The van der Waals surface area contributed by atoms with E-state index in [1.165, 1.54) is 0 Å². The van der Waals surface area contributed by atoms with E-state index in [2.05, 4.69) is 10.6 Å². The molecule has 0 bridgehead atoms. The fourth-order valence-corrected chi connectivity index (χ4v) is 3.61. The summed E-state index contributed by atoms with van der Waals surface area (Å²) >= 11 is 0. The van der Waals surface area contributed by atoms with Gasteiger partial charge in [-0.25, -0.2) is 4.79 Å². The highest BCUT2D eigenvalue weighted by molar-refractivity contribution is 5.76. The second-order valence-corrected chi connectivity index (χ2v) is 7.41. The first kappa shape index (κ1) is 23.4. The molecule has 7 N–H and O–H groups in total. The van der Waals surface area contributed by atoms with Gasteiger partial charge in [-0.2, -0.15) is 0 Å². The lowest BCUT2D eigenvalue weighted by atomic mass is 9.83. The number of hydrogen-bond acceptors (Lipinski definition) is 10. The fraction of sp³-hybridized carbons (Fsp3) is 0.824. The van der Waals surface area contributed by atoms with Crippen LogP contribution in [0.25, 0.3) is 0 Å². The number of amides is 1. The number of ether oxygens (including phenoxy) is 2. The van der Waals surface area contributed by atoms with Crippen LogP contribution in [-0.4, -0.2) is 92.9 Å². The molecule has 166 valence electrons. The quantitative estimate of drug-likeness (QED) is 0.156. The van der Waals surface area contributed by atoms with Crippen molar-refractivity contribution >= 4 is 17.8 Å². The van der Waals surface area contributed by atoms with Gasteiger partial charge < -0.3 is 45.6 Å². The number of carboxylic acid groups (broad SMARTS) is 1. The minimum absolute atomic E-state index is 0.376. The highest BCUT2D eigenvalue weighted by Crippen LogP contribution is 2.35. The highest BCUT2D eigenvalue weighted by atomic mass is 16.7. The molecule has 0 unspecified atom stereocenters. The first-order valence-corrected chi connectivity index (χ1v) is 9.38. The molecule has 2 saturated heterocycles. The Morgan fingerprint density at radius 2 is 2.03 bits per heavy atom. The van der Waals surface area contributed by atoms with Gasteiger partial charge in [0.15, 0.2) is 0 Å². The molecule has 0 spiro atoms. The van der Waals surface area contributed by atoms with Crippen LogP contribution in [0.15, 0.2) is 0 Å². The molecule has 0 aromatic heterocycles. The number of aliphatic hydroxyl groups excluding tert-OH is 3. The zero-order chi connectivity index (χ0) is 21.8.